The molecule has 0 spiro atoms. The van der Waals surface area contributed by atoms with Crippen molar-refractivity contribution in [3.05, 3.63) is 34.4 Å². The minimum atomic E-state index is -0.375. The van der Waals surface area contributed by atoms with Crippen LogP contribution in [0, 0.1) is 10.1 Å². The van der Waals surface area contributed by atoms with Crippen LogP contribution < -0.4 is 4.90 Å². The molecule has 2 rings (SSSR count). The van der Waals surface area contributed by atoms with Gasteiger partial charge in [0.05, 0.1) is 17.6 Å². The highest BCUT2D eigenvalue weighted by Gasteiger charge is 2.25. The lowest BCUT2D eigenvalue weighted by atomic mass is 10.1. The number of methoxy groups -OCH3 is 1. The lowest BCUT2D eigenvalue weighted by Gasteiger charge is -2.41. The van der Waals surface area contributed by atoms with Crippen LogP contribution in [0.4, 0.5) is 11.4 Å². The third kappa shape index (κ3) is 3.21. The maximum Gasteiger partial charge on any atom is 0.269 e. The molecule has 1 heterocycles. The predicted octanol–water partition coefficient (Wildman–Crippen LogP) is 1.36. The molecular formula is C13H19N3O3. The summed E-state index contributed by atoms with van der Waals surface area (Å²) < 4.78 is 5.27. The number of likely N-dealkylation sites (N-methyl/N-ethyl adjacent to an activating group) is 1. The van der Waals surface area contributed by atoms with Crippen molar-refractivity contribution >= 4 is 11.4 Å². The number of non-ortho nitro benzene ring substituents is 1. The van der Waals surface area contributed by atoms with Crippen LogP contribution in [0.5, 0.6) is 0 Å². The summed E-state index contributed by atoms with van der Waals surface area (Å²) in [5, 5.41) is 10.7. The standard InChI is InChI=1S/C13H19N3O3/c1-14-7-8-15(13(9-14)10-19-2)11-3-5-12(6-4-11)16(17)18/h3-6,13H,7-10H2,1-2H3. The van der Waals surface area contributed by atoms with Gasteiger partial charge in [0.25, 0.3) is 5.69 Å². The van der Waals surface area contributed by atoms with Crippen LogP contribution in [0.1, 0.15) is 0 Å². The normalized spacial score (nSPS) is 20.5. The molecule has 0 aliphatic carbocycles. The van der Waals surface area contributed by atoms with Gasteiger partial charge in [-0.05, 0) is 19.2 Å². The summed E-state index contributed by atoms with van der Waals surface area (Å²) in [6.45, 7) is 3.48. The SMILES string of the molecule is COCC1CN(C)CCN1c1ccc([N+](=O)[O-])cc1. The first-order valence-electron chi connectivity index (χ1n) is 6.30. The van der Waals surface area contributed by atoms with Gasteiger partial charge in [-0.25, -0.2) is 0 Å². The van der Waals surface area contributed by atoms with Crippen LogP contribution in [0.3, 0.4) is 0 Å². The van der Waals surface area contributed by atoms with Crippen molar-refractivity contribution in [2.24, 2.45) is 0 Å². The van der Waals surface area contributed by atoms with E-state index in [-0.39, 0.29) is 16.7 Å². The molecule has 1 aliphatic rings. The fourth-order valence-corrected chi connectivity index (χ4v) is 2.45. The summed E-state index contributed by atoms with van der Waals surface area (Å²) in [6, 6.07) is 7.01. The van der Waals surface area contributed by atoms with Crippen molar-refractivity contribution in [3.8, 4) is 0 Å². The van der Waals surface area contributed by atoms with Gasteiger partial charge in [0.1, 0.15) is 0 Å². The molecule has 0 amide bonds. The average Bonchev–Trinajstić information content (AvgIpc) is 2.39. The number of anilines is 1. The first kappa shape index (κ1) is 13.8. The van der Waals surface area contributed by atoms with E-state index < -0.39 is 0 Å². The van der Waals surface area contributed by atoms with E-state index >= 15 is 0 Å². The Morgan fingerprint density at radius 2 is 2.05 bits per heavy atom. The van der Waals surface area contributed by atoms with Crippen LogP contribution in [0.25, 0.3) is 0 Å². The largest absolute Gasteiger partial charge is 0.383 e. The molecule has 1 aromatic rings. The van der Waals surface area contributed by atoms with Crippen LogP contribution in [-0.2, 0) is 4.74 Å². The molecule has 1 aliphatic heterocycles. The minimum Gasteiger partial charge on any atom is -0.383 e. The Hall–Kier alpha value is -1.66. The van der Waals surface area contributed by atoms with Gasteiger partial charge in [-0.2, -0.15) is 0 Å². The smallest absolute Gasteiger partial charge is 0.269 e. The highest BCUT2D eigenvalue weighted by Crippen LogP contribution is 2.23. The second kappa shape index (κ2) is 5.99. The molecule has 1 unspecified atom stereocenters. The summed E-state index contributed by atoms with van der Waals surface area (Å²) >= 11 is 0. The summed E-state index contributed by atoms with van der Waals surface area (Å²) in [5.41, 5.74) is 1.14. The fourth-order valence-electron chi connectivity index (χ4n) is 2.45. The molecule has 1 atom stereocenters. The molecule has 1 aromatic carbocycles. The Morgan fingerprint density at radius 3 is 2.63 bits per heavy atom. The zero-order valence-corrected chi connectivity index (χ0v) is 11.3. The Morgan fingerprint density at radius 1 is 1.37 bits per heavy atom. The van der Waals surface area contributed by atoms with Gasteiger partial charge < -0.3 is 14.5 Å². The molecule has 6 heteroatoms. The summed E-state index contributed by atoms with van der Waals surface area (Å²) in [7, 11) is 3.79. The quantitative estimate of drug-likeness (QED) is 0.607. The molecule has 0 saturated carbocycles. The molecule has 0 aromatic heterocycles. The molecule has 0 radical (unpaired) electrons. The number of ether oxygens (including phenoxy) is 1. The van der Waals surface area contributed by atoms with E-state index in [1.54, 1.807) is 19.2 Å². The second-order valence-electron chi connectivity index (χ2n) is 4.84. The number of nitro benzene ring substituents is 1. The van der Waals surface area contributed by atoms with Crippen LogP contribution in [0.2, 0.25) is 0 Å². The highest BCUT2D eigenvalue weighted by molar-refractivity contribution is 5.52. The van der Waals surface area contributed by atoms with Gasteiger partial charge in [-0.3, -0.25) is 10.1 Å². The number of rotatable bonds is 4. The zero-order valence-electron chi connectivity index (χ0n) is 11.3. The van der Waals surface area contributed by atoms with E-state index in [1.165, 1.54) is 0 Å². The van der Waals surface area contributed by atoms with Gasteiger partial charge in [-0.1, -0.05) is 0 Å². The van der Waals surface area contributed by atoms with Crippen molar-refractivity contribution in [3.63, 3.8) is 0 Å². The molecule has 19 heavy (non-hydrogen) atoms. The number of benzene rings is 1. The van der Waals surface area contributed by atoms with Crippen molar-refractivity contribution < 1.29 is 9.66 Å². The van der Waals surface area contributed by atoms with Crippen LogP contribution in [-0.4, -0.2) is 56.3 Å². The lowest BCUT2D eigenvalue weighted by molar-refractivity contribution is -0.384. The zero-order chi connectivity index (χ0) is 13.8. The van der Waals surface area contributed by atoms with E-state index in [2.05, 4.69) is 16.8 Å². The van der Waals surface area contributed by atoms with Gasteiger partial charge in [-0.15, -0.1) is 0 Å². The Balaban J connectivity index is 2.16. The van der Waals surface area contributed by atoms with Crippen molar-refractivity contribution in [2.75, 3.05) is 45.3 Å². The Bertz CT molecular complexity index is 435. The van der Waals surface area contributed by atoms with Crippen molar-refractivity contribution in [2.45, 2.75) is 6.04 Å². The number of hydrogen-bond donors (Lipinski definition) is 0. The molecule has 1 fully saturated rings. The first-order valence-corrected chi connectivity index (χ1v) is 6.30. The summed E-state index contributed by atoms with van der Waals surface area (Å²) in [4.78, 5) is 14.8. The number of hydrogen-bond acceptors (Lipinski definition) is 5. The van der Waals surface area contributed by atoms with Crippen molar-refractivity contribution in [1.82, 2.24) is 4.90 Å². The van der Waals surface area contributed by atoms with E-state index in [4.69, 9.17) is 4.74 Å². The molecular weight excluding hydrogens is 246 g/mol. The number of nitro groups is 1. The molecule has 0 N–H and O–H groups in total. The van der Waals surface area contributed by atoms with Gasteiger partial charge >= 0.3 is 0 Å². The number of piperazine rings is 1. The van der Waals surface area contributed by atoms with Crippen molar-refractivity contribution in [1.29, 1.82) is 0 Å². The topological polar surface area (TPSA) is 58.8 Å². The van der Waals surface area contributed by atoms with Crippen LogP contribution >= 0.6 is 0 Å². The monoisotopic (exact) mass is 265 g/mol. The van der Waals surface area contributed by atoms with Crippen LogP contribution in [0.15, 0.2) is 24.3 Å². The summed E-state index contributed by atoms with van der Waals surface area (Å²) in [6.07, 6.45) is 0. The first-order chi connectivity index (χ1) is 9.11. The molecule has 6 nitrogen and oxygen atoms in total. The average molecular weight is 265 g/mol. The predicted molar refractivity (Wildman–Crippen MR) is 73.6 cm³/mol. The van der Waals surface area contributed by atoms with Gasteiger partial charge in [0.2, 0.25) is 0 Å². The van der Waals surface area contributed by atoms with E-state index in [9.17, 15) is 10.1 Å². The highest BCUT2D eigenvalue weighted by atomic mass is 16.6. The third-order valence-electron chi connectivity index (χ3n) is 3.44. The minimum absolute atomic E-state index is 0.126. The third-order valence-corrected chi connectivity index (χ3v) is 3.44. The molecule has 104 valence electrons. The summed E-state index contributed by atoms with van der Waals surface area (Å²) in [5.74, 6) is 0. The number of nitrogens with zero attached hydrogens (tertiary/aromatic N) is 3. The molecule has 1 saturated heterocycles. The van der Waals surface area contributed by atoms with Gasteiger partial charge in [0, 0.05) is 44.6 Å². The second-order valence-corrected chi connectivity index (χ2v) is 4.84. The van der Waals surface area contributed by atoms with E-state index in [0.29, 0.717) is 6.61 Å². The van der Waals surface area contributed by atoms with Gasteiger partial charge in [0.15, 0.2) is 0 Å². The fraction of sp³-hybridized carbons (Fsp3) is 0.538. The lowest BCUT2D eigenvalue weighted by Crippen LogP contribution is -2.53. The van der Waals surface area contributed by atoms with E-state index in [1.807, 2.05) is 12.1 Å². The maximum absolute atomic E-state index is 10.7. The Labute approximate surface area is 112 Å². The maximum atomic E-state index is 10.7. The van der Waals surface area contributed by atoms with E-state index in [0.717, 1.165) is 25.3 Å². The molecule has 0 bridgehead atoms. The Kier molecular flexibility index (Phi) is 4.34.